The summed E-state index contributed by atoms with van der Waals surface area (Å²) < 4.78 is 39.0. The van der Waals surface area contributed by atoms with E-state index in [-0.39, 0.29) is 18.0 Å². The molecule has 0 bridgehead atoms. The van der Waals surface area contributed by atoms with Crippen molar-refractivity contribution in [1.29, 1.82) is 0 Å². The van der Waals surface area contributed by atoms with Crippen LogP contribution >= 0.6 is 0 Å². The molecule has 0 aliphatic carbocycles. The first kappa shape index (κ1) is 19.7. The maximum Gasteiger partial charge on any atom is 0.414 e. The fourth-order valence-corrected chi connectivity index (χ4v) is 2.55. The first-order valence-corrected chi connectivity index (χ1v) is 8.31. The highest BCUT2D eigenvalue weighted by atomic mass is 19.1. The Bertz CT molecular complexity index is 800. The maximum atomic E-state index is 14.7. The molecule has 0 fully saturated rings. The van der Waals surface area contributed by atoms with Crippen LogP contribution < -0.4 is 9.64 Å². The van der Waals surface area contributed by atoms with Gasteiger partial charge in [-0.1, -0.05) is 18.2 Å². The number of hydrogen-bond donors (Lipinski definition) is 0. The molecule has 6 heteroatoms. The van der Waals surface area contributed by atoms with Crippen molar-refractivity contribution in [3.05, 3.63) is 48.0 Å². The van der Waals surface area contributed by atoms with E-state index in [1.165, 1.54) is 36.3 Å². The van der Waals surface area contributed by atoms with Gasteiger partial charge in [0, 0.05) is 12.1 Å². The smallest absolute Gasteiger partial charge is 0.414 e. The second kappa shape index (κ2) is 7.72. The highest BCUT2D eigenvalue weighted by Gasteiger charge is 2.24. The van der Waals surface area contributed by atoms with E-state index in [0.29, 0.717) is 11.1 Å². The Hall–Kier alpha value is -2.63. The van der Waals surface area contributed by atoms with Gasteiger partial charge in [-0.25, -0.2) is 13.6 Å². The van der Waals surface area contributed by atoms with Crippen molar-refractivity contribution >= 4 is 11.8 Å². The number of benzene rings is 2. The fraction of sp³-hybridized carbons (Fsp3) is 0.350. The maximum absolute atomic E-state index is 14.7. The fourth-order valence-electron chi connectivity index (χ4n) is 2.55. The lowest BCUT2D eigenvalue weighted by Crippen LogP contribution is -2.37. The second-order valence-electron chi connectivity index (χ2n) is 6.71. The lowest BCUT2D eigenvalue weighted by Gasteiger charge is -2.27. The predicted molar refractivity (Wildman–Crippen MR) is 97.6 cm³/mol. The number of anilines is 1. The van der Waals surface area contributed by atoms with Crippen molar-refractivity contribution in [3.63, 3.8) is 0 Å². The van der Waals surface area contributed by atoms with Crippen LogP contribution in [-0.2, 0) is 4.74 Å². The third kappa shape index (κ3) is 4.31. The predicted octanol–water partition coefficient (Wildman–Crippen LogP) is 5.40. The van der Waals surface area contributed by atoms with E-state index in [1.54, 1.807) is 39.8 Å². The molecule has 1 amide bonds. The summed E-state index contributed by atoms with van der Waals surface area (Å²) in [5.41, 5.74) is 0.289. The number of methoxy groups -OCH3 is 1. The van der Waals surface area contributed by atoms with E-state index < -0.39 is 23.3 Å². The number of halogens is 2. The number of para-hydroxylation sites is 1. The van der Waals surface area contributed by atoms with Gasteiger partial charge in [-0.3, -0.25) is 4.90 Å². The summed E-state index contributed by atoms with van der Waals surface area (Å²) >= 11 is 0. The molecule has 2 rings (SSSR count). The van der Waals surface area contributed by atoms with Gasteiger partial charge in [0.25, 0.3) is 0 Å². The monoisotopic (exact) mass is 363 g/mol. The Labute approximate surface area is 152 Å². The van der Waals surface area contributed by atoms with E-state index in [4.69, 9.17) is 9.47 Å². The average molecular weight is 363 g/mol. The third-order valence-electron chi connectivity index (χ3n) is 3.65. The highest BCUT2D eigenvalue weighted by molar-refractivity contribution is 5.88. The summed E-state index contributed by atoms with van der Waals surface area (Å²) in [6.45, 7) is 7.21. The average Bonchev–Trinajstić information content (AvgIpc) is 2.55. The van der Waals surface area contributed by atoms with Crippen LogP contribution in [0.4, 0.5) is 19.3 Å². The van der Waals surface area contributed by atoms with Gasteiger partial charge in [-0.05, 0) is 51.5 Å². The van der Waals surface area contributed by atoms with Crippen molar-refractivity contribution in [2.45, 2.75) is 33.3 Å². The minimum Gasteiger partial charge on any atom is -0.493 e. The summed E-state index contributed by atoms with van der Waals surface area (Å²) in [5, 5.41) is 0. The van der Waals surface area contributed by atoms with E-state index >= 15 is 0 Å². The van der Waals surface area contributed by atoms with Crippen LogP contribution in [0.15, 0.2) is 36.4 Å². The summed E-state index contributed by atoms with van der Waals surface area (Å²) in [4.78, 5) is 13.5. The van der Waals surface area contributed by atoms with Gasteiger partial charge in [0.2, 0.25) is 0 Å². The molecule has 0 aliphatic rings. The molecule has 0 unspecified atom stereocenters. The normalized spacial score (nSPS) is 11.2. The van der Waals surface area contributed by atoms with Crippen LogP contribution in [0.5, 0.6) is 5.75 Å². The van der Waals surface area contributed by atoms with Crippen molar-refractivity contribution in [2.75, 3.05) is 18.6 Å². The summed E-state index contributed by atoms with van der Waals surface area (Å²) in [7, 11) is 1.36. The van der Waals surface area contributed by atoms with Crippen LogP contribution in [0, 0.1) is 11.6 Å². The zero-order chi connectivity index (χ0) is 19.5. The van der Waals surface area contributed by atoms with Crippen LogP contribution in [0.1, 0.15) is 27.7 Å². The second-order valence-corrected chi connectivity index (χ2v) is 6.71. The van der Waals surface area contributed by atoms with Crippen LogP contribution in [0.3, 0.4) is 0 Å². The molecular formula is C20H23F2NO3. The van der Waals surface area contributed by atoms with E-state index in [1.807, 2.05) is 0 Å². The Kier molecular flexibility index (Phi) is 5.85. The summed E-state index contributed by atoms with van der Waals surface area (Å²) in [5.74, 6) is -1.10. The molecule has 4 nitrogen and oxygen atoms in total. The first-order chi connectivity index (χ1) is 12.2. The Morgan fingerprint density at radius 3 is 2.35 bits per heavy atom. The summed E-state index contributed by atoms with van der Waals surface area (Å²) in [6, 6.07) is 8.78. The lowest BCUT2D eigenvalue weighted by molar-refractivity contribution is 0.0581. The van der Waals surface area contributed by atoms with E-state index in [2.05, 4.69) is 0 Å². The number of carbonyl (C=O) groups excluding carboxylic acids is 1. The Morgan fingerprint density at radius 2 is 1.81 bits per heavy atom. The topological polar surface area (TPSA) is 38.8 Å². The van der Waals surface area contributed by atoms with Gasteiger partial charge in [-0.2, -0.15) is 0 Å². The number of ether oxygens (including phenoxy) is 2. The summed E-state index contributed by atoms with van der Waals surface area (Å²) in [6.07, 6.45) is -0.630. The van der Waals surface area contributed by atoms with E-state index in [9.17, 15) is 13.6 Å². The van der Waals surface area contributed by atoms with Gasteiger partial charge in [0.1, 0.15) is 11.4 Å². The molecule has 0 saturated heterocycles. The molecule has 0 atom stereocenters. The van der Waals surface area contributed by atoms with Gasteiger partial charge in [0.15, 0.2) is 11.6 Å². The molecule has 0 spiro atoms. The van der Waals surface area contributed by atoms with Crippen molar-refractivity contribution in [2.24, 2.45) is 0 Å². The molecule has 0 radical (unpaired) electrons. The number of amides is 1. The van der Waals surface area contributed by atoms with Gasteiger partial charge >= 0.3 is 6.09 Å². The third-order valence-corrected chi connectivity index (χ3v) is 3.65. The zero-order valence-corrected chi connectivity index (χ0v) is 15.6. The van der Waals surface area contributed by atoms with Crippen molar-refractivity contribution in [3.8, 4) is 16.9 Å². The molecule has 0 aromatic heterocycles. The molecular weight excluding hydrogens is 340 g/mol. The van der Waals surface area contributed by atoms with Crippen molar-refractivity contribution < 1.29 is 23.0 Å². The molecule has 0 N–H and O–H groups in total. The standard InChI is InChI=1S/C20H23F2NO3/c1-6-23(19(24)26-20(2,3)4)17-11-10-13(12-16(17)22)14-8-7-9-15(21)18(14)25-5/h7-12H,6H2,1-5H3. The molecule has 2 aromatic carbocycles. The number of nitrogens with zero attached hydrogens (tertiary/aromatic N) is 1. The van der Waals surface area contributed by atoms with E-state index in [0.717, 1.165) is 0 Å². The largest absolute Gasteiger partial charge is 0.493 e. The Morgan fingerprint density at radius 1 is 1.12 bits per heavy atom. The molecule has 2 aromatic rings. The van der Waals surface area contributed by atoms with Gasteiger partial charge < -0.3 is 9.47 Å². The molecule has 0 saturated carbocycles. The van der Waals surface area contributed by atoms with Gasteiger partial charge in [-0.15, -0.1) is 0 Å². The van der Waals surface area contributed by atoms with Crippen LogP contribution in [0.2, 0.25) is 0 Å². The molecule has 26 heavy (non-hydrogen) atoms. The van der Waals surface area contributed by atoms with Crippen LogP contribution in [-0.4, -0.2) is 25.3 Å². The van der Waals surface area contributed by atoms with Crippen LogP contribution in [0.25, 0.3) is 11.1 Å². The van der Waals surface area contributed by atoms with Crippen molar-refractivity contribution in [1.82, 2.24) is 0 Å². The lowest BCUT2D eigenvalue weighted by atomic mass is 10.0. The minimum absolute atomic E-state index is 0.0409. The van der Waals surface area contributed by atoms with Gasteiger partial charge in [0.05, 0.1) is 12.8 Å². The number of rotatable bonds is 4. The molecule has 0 aliphatic heterocycles. The highest BCUT2D eigenvalue weighted by Crippen LogP contribution is 2.34. The number of hydrogen-bond acceptors (Lipinski definition) is 3. The minimum atomic E-state index is -0.685. The molecule has 0 heterocycles. The zero-order valence-electron chi connectivity index (χ0n) is 15.6. The first-order valence-electron chi connectivity index (χ1n) is 8.31. The number of carbonyl (C=O) groups is 1. The Balaban J connectivity index is 2.41. The quantitative estimate of drug-likeness (QED) is 0.730. The SMILES string of the molecule is CCN(C(=O)OC(C)(C)C)c1ccc(-c2cccc(F)c2OC)cc1F. The molecule has 140 valence electrons.